The van der Waals surface area contributed by atoms with Crippen molar-refractivity contribution in [3.8, 4) is 5.75 Å². The van der Waals surface area contributed by atoms with Gasteiger partial charge in [0.1, 0.15) is 5.75 Å². The van der Waals surface area contributed by atoms with Gasteiger partial charge < -0.3 is 15.8 Å². The van der Waals surface area contributed by atoms with Crippen molar-refractivity contribution >= 4 is 75.3 Å². The number of nitrogens with one attached hydrogen (secondary N) is 1. The minimum Gasteiger partial charge on any atom is -0.496 e. The zero-order valence-corrected chi connectivity index (χ0v) is 16.7. The second-order valence-electron chi connectivity index (χ2n) is 5.18. The first kappa shape index (κ1) is 20.5. The lowest BCUT2D eigenvalue weighted by atomic mass is 10.1. The van der Waals surface area contributed by atoms with E-state index >= 15 is 0 Å². The van der Waals surface area contributed by atoms with Crippen LogP contribution in [0.15, 0.2) is 53.5 Å². The average Bonchev–Trinajstić information content (AvgIpc) is 2.62. The molecule has 3 aromatic rings. The molecule has 4 nitrogen and oxygen atoms in total. The van der Waals surface area contributed by atoms with Crippen LogP contribution in [-0.4, -0.2) is 13.1 Å². The molecule has 0 saturated heterocycles. The standard InChI is InChI=1S/C18H14Cl3N3O.ClH/c1-25-15-9-8-13(10-4-2-3-5-11(10)15)23-18(22)24-14-7-6-12(19)16(20)17(14)21;/h2-9H,1H3,(H3,22,23,24);1H. The van der Waals surface area contributed by atoms with E-state index in [1.807, 2.05) is 36.4 Å². The molecule has 0 atom stereocenters. The SMILES string of the molecule is COc1ccc(NC(N)=Nc2ccc(Cl)c(Cl)c2Cl)c2ccccc12.Cl. The lowest BCUT2D eigenvalue weighted by molar-refractivity contribution is 0.420. The van der Waals surface area contributed by atoms with Crippen LogP contribution in [0.5, 0.6) is 5.75 Å². The summed E-state index contributed by atoms with van der Waals surface area (Å²) in [6, 6.07) is 14.8. The molecule has 0 amide bonds. The fourth-order valence-corrected chi connectivity index (χ4v) is 3.03. The molecule has 3 aromatic carbocycles. The Balaban J connectivity index is 0.00000243. The quantitative estimate of drug-likeness (QED) is 0.291. The Morgan fingerprint density at radius 2 is 1.65 bits per heavy atom. The number of aliphatic imine (C=N–C) groups is 1. The van der Waals surface area contributed by atoms with Gasteiger partial charge in [-0.25, -0.2) is 4.99 Å². The molecule has 26 heavy (non-hydrogen) atoms. The Morgan fingerprint density at radius 1 is 0.962 bits per heavy atom. The van der Waals surface area contributed by atoms with Gasteiger partial charge in [0.25, 0.3) is 0 Å². The summed E-state index contributed by atoms with van der Waals surface area (Å²) in [5, 5.41) is 5.86. The molecule has 0 fully saturated rings. The van der Waals surface area contributed by atoms with Gasteiger partial charge in [-0.2, -0.15) is 0 Å². The Labute approximate surface area is 172 Å². The van der Waals surface area contributed by atoms with Gasteiger partial charge in [-0.1, -0.05) is 59.1 Å². The molecule has 0 bridgehead atoms. The van der Waals surface area contributed by atoms with Crippen LogP contribution < -0.4 is 15.8 Å². The third kappa shape index (κ3) is 4.10. The summed E-state index contributed by atoms with van der Waals surface area (Å²) in [5.41, 5.74) is 7.26. The highest BCUT2D eigenvalue weighted by Gasteiger charge is 2.10. The number of guanidine groups is 1. The van der Waals surface area contributed by atoms with Crippen molar-refractivity contribution in [1.29, 1.82) is 0 Å². The Bertz CT molecular complexity index is 976. The summed E-state index contributed by atoms with van der Waals surface area (Å²) >= 11 is 18.1. The van der Waals surface area contributed by atoms with E-state index in [-0.39, 0.29) is 28.4 Å². The predicted molar refractivity (Wildman–Crippen MR) is 114 cm³/mol. The number of ether oxygens (including phenoxy) is 1. The summed E-state index contributed by atoms with van der Waals surface area (Å²) in [5.74, 6) is 0.958. The lowest BCUT2D eigenvalue weighted by Gasteiger charge is -2.12. The third-order valence-corrected chi connectivity index (χ3v) is 4.91. The first-order chi connectivity index (χ1) is 12.0. The molecular formula is C18H15Cl4N3O. The number of benzene rings is 3. The van der Waals surface area contributed by atoms with Crippen molar-refractivity contribution in [3.63, 3.8) is 0 Å². The van der Waals surface area contributed by atoms with Crippen molar-refractivity contribution < 1.29 is 4.74 Å². The Hall–Kier alpha value is -1.85. The number of halogens is 4. The second-order valence-corrected chi connectivity index (χ2v) is 6.34. The van der Waals surface area contributed by atoms with Crippen molar-refractivity contribution in [3.05, 3.63) is 63.6 Å². The highest BCUT2D eigenvalue weighted by atomic mass is 35.5. The summed E-state index contributed by atoms with van der Waals surface area (Å²) < 4.78 is 5.39. The van der Waals surface area contributed by atoms with Crippen molar-refractivity contribution in [2.24, 2.45) is 10.7 Å². The Morgan fingerprint density at radius 3 is 2.35 bits per heavy atom. The van der Waals surface area contributed by atoms with Gasteiger partial charge in [-0.05, 0) is 24.3 Å². The van der Waals surface area contributed by atoms with E-state index in [9.17, 15) is 0 Å². The molecule has 3 N–H and O–H groups in total. The van der Waals surface area contributed by atoms with Gasteiger partial charge in [-0.15, -0.1) is 12.4 Å². The first-order valence-corrected chi connectivity index (χ1v) is 8.45. The molecule has 0 unspecified atom stereocenters. The smallest absolute Gasteiger partial charge is 0.198 e. The highest BCUT2D eigenvalue weighted by Crippen LogP contribution is 2.37. The van der Waals surface area contributed by atoms with E-state index in [4.69, 9.17) is 45.3 Å². The number of nitrogens with zero attached hydrogens (tertiary/aromatic N) is 1. The zero-order chi connectivity index (χ0) is 18.0. The van der Waals surface area contributed by atoms with Crippen LogP contribution >= 0.6 is 47.2 Å². The maximum atomic E-state index is 6.16. The average molecular weight is 431 g/mol. The fourth-order valence-electron chi connectivity index (χ4n) is 2.46. The summed E-state index contributed by atoms with van der Waals surface area (Å²) in [7, 11) is 1.64. The topological polar surface area (TPSA) is 59.6 Å². The molecule has 0 radical (unpaired) electrons. The molecule has 0 spiro atoms. The number of anilines is 1. The van der Waals surface area contributed by atoms with E-state index in [1.165, 1.54) is 0 Å². The van der Waals surface area contributed by atoms with Gasteiger partial charge in [-0.3, -0.25) is 0 Å². The van der Waals surface area contributed by atoms with Crippen LogP contribution in [0.3, 0.4) is 0 Å². The van der Waals surface area contributed by atoms with E-state index in [0.29, 0.717) is 10.7 Å². The molecule has 0 saturated carbocycles. The number of methoxy groups -OCH3 is 1. The minimum atomic E-state index is 0. The molecule has 0 aliphatic carbocycles. The molecule has 0 heterocycles. The minimum absolute atomic E-state index is 0. The van der Waals surface area contributed by atoms with Crippen LogP contribution in [0.25, 0.3) is 10.8 Å². The highest BCUT2D eigenvalue weighted by molar-refractivity contribution is 6.49. The maximum Gasteiger partial charge on any atom is 0.198 e. The van der Waals surface area contributed by atoms with Crippen LogP contribution in [0.2, 0.25) is 15.1 Å². The van der Waals surface area contributed by atoms with E-state index in [0.717, 1.165) is 22.2 Å². The van der Waals surface area contributed by atoms with Crippen molar-refractivity contribution in [1.82, 2.24) is 0 Å². The fraction of sp³-hybridized carbons (Fsp3) is 0.0556. The predicted octanol–water partition coefficient (Wildman–Crippen LogP) is 6.29. The van der Waals surface area contributed by atoms with Crippen LogP contribution in [-0.2, 0) is 0 Å². The number of rotatable bonds is 3. The van der Waals surface area contributed by atoms with Gasteiger partial charge in [0.2, 0.25) is 0 Å². The molecule has 3 rings (SSSR count). The monoisotopic (exact) mass is 429 g/mol. The largest absolute Gasteiger partial charge is 0.496 e. The lowest BCUT2D eigenvalue weighted by Crippen LogP contribution is -2.22. The Kier molecular flexibility index (Phi) is 6.84. The van der Waals surface area contributed by atoms with Gasteiger partial charge in [0.05, 0.1) is 27.9 Å². The maximum absolute atomic E-state index is 6.16. The summed E-state index contributed by atoms with van der Waals surface area (Å²) in [4.78, 5) is 4.28. The molecule has 0 aliphatic heterocycles. The van der Waals surface area contributed by atoms with Gasteiger partial charge in [0, 0.05) is 16.5 Å². The van der Waals surface area contributed by atoms with Gasteiger partial charge in [0.15, 0.2) is 5.96 Å². The number of hydrogen-bond donors (Lipinski definition) is 2. The second kappa shape index (κ2) is 8.69. The van der Waals surface area contributed by atoms with Crippen molar-refractivity contribution in [2.75, 3.05) is 12.4 Å². The van der Waals surface area contributed by atoms with Crippen LogP contribution in [0.1, 0.15) is 0 Å². The zero-order valence-electron chi connectivity index (χ0n) is 13.6. The number of fused-ring (bicyclic) bond motifs is 1. The van der Waals surface area contributed by atoms with Gasteiger partial charge >= 0.3 is 0 Å². The van der Waals surface area contributed by atoms with Crippen LogP contribution in [0.4, 0.5) is 11.4 Å². The molecule has 0 aromatic heterocycles. The van der Waals surface area contributed by atoms with E-state index in [2.05, 4.69) is 10.3 Å². The molecule has 0 aliphatic rings. The molecular weight excluding hydrogens is 416 g/mol. The van der Waals surface area contributed by atoms with Crippen molar-refractivity contribution in [2.45, 2.75) is 0 Å². The number of nitrogens with two attached hydrogens (primary N) is 1. The first-order valence-electron chi connectivity index (χ1n) is 7.31. The third-order valence-electron chi connectivity index (χ3n) is 3.62. The molecule has 8 heteroatoms. The summed E-state index contributed by atoms with van der Waals surface area (Å²) in [6.45, 7) is 0. The molecule has 136 valence electrons. The number of hydrogen-bond acceptors (Lipinski definition) is 2. The van der Waals surface area contributed by atoms with E-state index in [1.54, 1.807) is 19.2 Å². The van der Waals surface area contributed by atoms with Crippen LogP contribution in [0, 0.1) is 0 Å². The van der Waals surface area contributed by atoms with E-state index < -0.39 is 0 Å². The summed E-state index contributed by atoms with van der Waals surface area (Å²) in [6.07, 6.45) is 0. The normalized spacial score (nSPS) is 11.2.